The number of guanidine groups is 1. The lowest BCUT2D eigenvalue weighted by molar-refractivity contribution is -0.132. The predicted octanol–water partition coefficient (Wildman–Crippen LogP) is 3.32. The van der Waals surface area contributed by atoms with Crippen molar-refractivity contribution in [3.05, 3.63) is 22.6 Å². The summed E-state index contributed by atoms with van der Waals surface area (Å²) in [6.07, 6.45) is -4.43. The highest BCUT2D eigenvalue weighted by Crippen LogP contribution is 2.18. The van der Waals surface area contributed by atoms with Crippen LogP contribution in [0.25, 0.3) is 0 Å². The van der Waals surface area contributed by atoms with Gasteiger partial charge in [-0.15, -0.1) is 24.0 Å². The summed E-state index contributed by atoms with van der Waals surface area (Å²) < 4.78 is 41.8. The van der Waals surface area contributed by atoms with Crippen LogP contribution in [0.3, 0.4) is 0 Å². The standard InChI is InChI=1S/C11H15BrF3N3O.HI/c1-16-10(18-7-5-11(13,14)15)17-6-4-8-2-3-9(12)19-8;/h2-3H,4-7H2,1H3,(H2,16,17,18);1H. The number of nitrogens with zero attached hydrogens (tertiary/aromatic N) is 1. The van der Waals surface area contributed by atoms with Gasteiger partial charge in [0, 0.05) is 26.6 Å². The van der Waals surface area contributed by atoms with Gasteiger partial charge in [-0.2, -0.15) is 13.2 Å². The Bertz CT molecular complexity index is 423. The summed E-state index contributed by atoms with van der Waals surface area (Å²) in [6.45, 7) is 0.321. The van der Waals surface area contributed by atoms with Gasteiger partial charge < -0.3 is 15.1 Å². The van der Waals surface area contributed by atoms with E-state index in [1.54, 1.807) is 6.07 Å². The van der Waals surface area contributed by atoms with E-state index in [9.17, 15) is 13.2 Å². The van der Waals surface area contributed by atoms with Gasteiger partial charge in [0.15, 0.2) is 10.6 Å². The second-order valence-electron chi connectivity index (χ2n) is 3.75. The molecular weight excluding hydrogens is 454 g/mol. The van der Waals surface area contributed by atoms with Crippen LogP contribution in [0.4, 0.5) is 13.2 Å². The van der Waals surface area contributed by atoms with Gasteiger partial charge in [-0.3, -0.25) is 4.99 Å². The molecule has 0 fully saturated rings. The van der Waals surface area contributed by atoms with Crippen LogP contribution in [-0.2, 0) is 6.42 Å². The minimum Gasteiger partial charge on any atom is -0.454 e. The molecule has 0 amide bonds. The van der Waals surface area contributed by atoms with Gasteiger partial charge in [0.2, 0.25) is 0 Å². The van der Waals surface area contributed by atoms with E-state index < -0.39 is 12.6 Å². The fraction of sp³-hybridized carbons (Fsp3) is 0.545. The van der Waals surface area contributed by atoms with Crippen LogP contribution < -0.4 is 10.6 Å². The Kier molecular flexibility index (Phi) is 9.27. The highest BCUT2D eigenvalue weighted by Gasteiger charge is 2.26. The number of hydrogen-bond donors (Lipinski definition) is 2. The average Bonchev–Trinajstić information content (AvgIpc) is 2.71. The van der Waals surface area contributed by atoms with E-state index in [2.05, 4.69) is 31.6 Å². The molecule has 2 N–H and O–H groups in total. The maximum atomic E-state index is 12.0. The Hall–Kier alpha value is -0.450. The molecule has 1 aromatic heterocycles. The summed E-state index contributed by atoms with van der Waals surface area (Å²) in [5.41, 5.74) is 0. The molecule has 1 aromatic rings. The number of nitrogens with one attached hydrogen (secondary N) is 2. The van der Waals surface area contributed by atoms with Gasteiger partial charge in [0.05, 0.1) is 6.42 Å². The summed E-state index contributed by atoms with van der Waals surface area (Å²) in [6, 6.07) is 3.61. The molecule has 0 unspecified atom stereocenters. The normalized spacial score (nSPS) is 11.9. The molecule has 9 heteroatoms. The quantitative estimate of drug-likeness (QED) is 0.395. The first-order chi connectivity index (χ1) is 8.90. The summed E-state index contributed by atoms with van der Waals surface area (Å²) in [5.74, 6) is 1.12. The number of alkyl halides is 3. The fourth-order valence-corrected chi connectivity index (χ4v) is 1.67. The van der Waals surface area contributed by atoms with Crippen molar-refractivity contribution in [2.45, 2.75) is 19.0 Å². The lowest BCUT2D eigenvalue weighted by Crippen LogP contribution is -2.39. The van der Waals surface area contributed by atoms with Gasteiger partial charge in [-0.25, -0.2) is 0 Å². The Balaban J connectivity index is 0.00000361. The Labute approximate surface area is 140 Å². The second-order valence-corrected chi connectivity index (χ2v) is 4.53. The molecule has 116 valence electrons. The average molecular weight is 470 g/mol. The third-order valence-electron chi connectivity index (χ3n) is 2.22. The van der Waals surface area contributed by atoms with Crippen LogP contribution in [0.15, 0.2) is 26.2 Å². The smallest absolute Gasteiger partial charge is 0.390 e. The molecule has 0 saturated carbocycles. The molecule has 1 rings (SSSR count). The molecule has 0 aliphatic carbocycles. The van der Waals surface area contributed by atoms with Crippen LogP contribution in [0, 0.1) is 0 Å². The Morgan fingerprint density at radius 3 is 2.45 bits per heavy atom. The summed E-state index contributed by atoms with van der Waals surface area (Å²) in [4.78, 5) is 3.83. The maximum absolute atomic E-state index is 12.0. The second kappa shape index (κ2) is 9.48. The number of halogens is 5. The van der Waals surface area contributed by atoms with E-state index in [0.29, 0.717) is 23.6 Å². The Morgan fingerprint density at radius 2 is 1.95 bits per heavy atom. The van der Waals surface area contributed by atoms with Crippen molar-refractivity contribution in [1.29, 1.82) is 0 Å². The molecule has 0 spiro atoms. The zero-order valence-corrected chi connectivity index (χ0v) is 14.7. The van der Waals surface area contributed by atoms with E-state index >= 15 is 0 Å². The lowest BCUT2D eigenvalue weighted by atomic mass is 10.3. The molecule has 0 radical (unpaired) electrons. The van der Waals surface area contributed by atoms with Crippen LogP contribution >= 0.6 is 39.9 Å². The predicted molar refractivity (Wildman–Crippen MR) is 85.6 cm³/mol. The maximum Gasteiger partial charge on any atom is 0.390 e. The van der Waals surface area contributed by atoms with Crippen molar-refractivity contribution in [3.63, 3.8) is 0 Å². The van der Waals surface area contributed by atoms with Crippen molar-refractivity contribution >= 4 is 45.9 Å². The minimum atomic E-state index is -4.16. The van der Waals surface area contributed by atoms with Crippen LogP contribution in [0.1, 0.15) is 12.2 Å². The monoisotopic (exact) mass is 469 g/mol. The third-order valence-corrected chi connectivity index (χ3v) is 2.64. The van der Waals surface area contributed by atoms with Crippen LogP contribution in [0.5, 0.6) is 0 Å². The number of rotatable bonds is 5. The first-order valence-electron chi connectivity index (χ1n) is 5.66. The van der Waals surface area contributed by atoms with E-state index in [1.165, 1.54) is 7.05 Å². The van der Waals surface area contributed by atoms with Gasteiger partial charge >= 0.3 is 6.18 Å². The van der Waals surface area contributed by atoms with E-state index in [-0.39, 0.29) is 30.5 Å². The van der Waals surface area contributed by atoms with Crippen LogP contribution in [0.2, 0.25) is 0 Å². The topological polar surface area (TPSA) is 49.6 Å². The largest absolute Gasteiger partial charge is 0.454 e. The molecule has 1 heterocycles. The van der Waals surface area contributed by atoms with Crippen molar-refractivity contribution in [2.24, 2.45) is 4.99 Å². The van der Waals surface area contributed by atoms with Gasteiger partial charge in [0.25, 0.3) is 0 Å². The summed E-state index contributed by atoms with van der Waals surface area (Å²) in [7, 11) is 1.51. The third kappa shape index (κ3) is 8.67. The van der Waals surface area contributed by atoms with Crippen molar-refractivity contribution < 1.29 is 17.6 Å². The Morgan fingerprint density at radius 1 is 1.30 bits per heavy atom. The minimum absolute atomic E-state index is 0. The highest BCUT2D eigenvalue weighted by atomic mass is 127. The SMILES string of the molecule is CN=C(NCCc1ccc(Br)o1)NCCC(F)(F)F.I. The summed E-state index contributed by atoms with van der Waals surface area (Å²) in [5, 5.41) is 5.51. The molecule has 4 nitrogen and oxygen atoms in total. The fourth-order valence-electron chi connectivity index (χ4n) is 1.33. The number of furan rings is 1. The highest BCUT2D eigenvalue weighted by molar-refractivity contribution is 14.0. The molecule has 0 aliphatic rings. The van der Waals surface area contributed by atoms with Crippen LogP contribution in [-0.4, -0.2) is 32.3 Å². The number of hydrogen-bond acceptors (Lipinski definition) is 2. The zero-order valence-electron chi connectivity index (χ0n) is 10.8. The van der Waals surface area contributed by atoms with E-state index in [1.807, 2.05) is 6.07 Å². The van der Waals surface area contributed by atoms with E-state index in [0.717, 1.165) is 5.76 Å². The molecule has 0 atom stereocenters. The lowest BCUT2D eigenvalue weighted by Gasteiger charge is -2.12. The zero-order chi connectivity index (χ0) is 14.3. The molecule has 0 bridgehead atoms. The molecular formula is C11H16BrF3IN3O. The first-order valence-corrected chi connectivity index (χ1v) is 6.45. The van der Waals surface area contributed by atoms with Gasteiger partial charge in [-0.1, -0.05) is 0 Å². The molecule has 20 heavy (non-hydrogen) atoms. The molecule has 0 aromatic carbocycles. The molecule has 0 saturated heterocycles. The number of aliphatic imine (C=N–C) groups is 1. The van der Waals surface area contributed by atoms with Crippen molar-refractivity contribution in [2.75, 3.05) is 20.1 Å². The van der Waals surface area contributed by atoms with Crippen molar-refractivity contribution in [3.8, 4) is 0 Å². The van der Waals surface area contributed by atoms with Crippen molar-refractivity contribution in [1.82, 2.24) is 10.6 Å². The van der Waals surface area contributed by atoms with Gasteiger partial charge in [0.1, 0.15) is 5.76 Å². The summed E-state index contributed by atoms with van der Waals surface area (Å²) >= 11 is 3.19. The van der Waals surface area contributed by atoms with E-state index in [4.69, 9.17) is 4.42 Å². The molecule has 0 aliphatic heterocycles. The first kappa shape index (κ1) is 19.6. The van der Waals surface area contributed by atoms with Gasteiger partial charge in [-0.05, 0) is 28.1 Å².